The first-order valence-corrected chi connectivity index (χ1v) is 10.8. The van der Waals surface area contributed by atoms with Gasteiger partial charge in [-0.25, -0.2) is 0 Å². The smallest absolute Gasteiger partial charge is 0.799 e. The molecule has 7 heteroatoms. The van der Waals surface area contributed by atoms with E-state index in [2.05, 4.69) is 0 Å². The van der Waals surface area contributed by atoms with E-state index in [1.807, 2.05) is 27.7 Å². The van der Waals surface area contributed by atoms with Gasteiger partial charge in [0.05, 0.1) is 0 Å². The molecule has 0 unspecified atom stereocenters. The Kier molecular flexibility index (Phi) is 18.6. The van der Waals surface area contributed by atoms with Crippen LogP contribution >= 0.6 is 14.7 Å². The Morgan fingerprint density at radius 1 is 0.632 bits per heavy atom. The van der Waals surface area contributed by atoms with Crippen molar-refractivity contribution in [3.8, 4) is 0 Å². The van der Waals surface area contributed by atoms with Crippen molar-refractivity contribution in [2.75, 3.05) is 24.6 Å². The summed E-state index contributed by atoms with van der Waals surface area (Å²) in [6, 6.07) is 0. The van der Waals surface area contributed by atoms with E-state index in [1.54, 1.807) is 0 Å². The van der Waals surface area contributed by atoms with Crippen LogP contribution in [0, 0.1) is 0 Å². The van der Waals surface area contributed by atoms with Crippen LogP contribution in [0.4, 0.5) is 0 Å². The van der Waals surface area contributed by atoms with Crippen LogP contribution in [0.1, 0.15) is 53.4 Å². The summed E-state index contributed by atoms with van der Waals surface area (Å²) in [5, 5.41) is 0. The molecule has 0 aliphatic rings. The molecule has 0 aliphatic carbocycles. The Hall–Kier alpha value is 1.15. The van der Waals surface area contributed by atoms with Gasteiger partial charge in [-0.05, 0) is 24.6 Å². The van der Waals surface area contributed by atoms with E-state index < -0.39 is 14.7 Å². The predicted molar refractivity (Wildman–Crippen MR) is 81.6 cm³/mol. The molecule has 0 aromatic heterocycles. The van der Waals surface area contributed by atoms with Gasteiger partial charge in [0.1, 0.15) is 0 Å². The third-order valence-electron chi connectivity index (χ3n) is 2.26. The summed E-state index contributed by atoms with van der Waals surface area (Å²) in [6.07, 6.45) is 4.51. The fourth-order valence-electron chi connectivity index (χ4n) is 1.59. The monoisotopic (exact) mass is 322 g/mol. The molecule has 0 fully saturated rings. The summed E-state index contributed by atoms with van der Waals surface area (Å²) in [5.74, 6) is 0. The van der Waals surface area contributed by atoms with Crippen LogP contribution < -0.4 is 9.79 Å². The van der Waals surface area contributed by atoms with Crippen LogP contribution in [0.2, 0.25) is 0 Å². The van der Waals surface area contributed by atoms with Gasteiger partial charge in [0, 0.05) is 14.7 Å². The minimum absolute atomic E-state index is 0. The van der Waals surface area contributed by atoms with Crippen LogP contribution in [0.5, 0.6) is 0 Å². The molecule has 0 saturated carbocycles. The van der Waals surface area contributed by atoms with Crippen molar-refractivity contribution in [2.45, 2.75) is 53.4 Å². The molecule has 112 valence electrons. The van der Waals surface area contributed by atoms with Crippen LogP contribution in [-0.4, -0.2) is 47.7 Å². The van der Waals surface area contributed by atoms with E-state index >= 15 is 0 Å². The summed E-state index contributed by atoms with van der Waals surface area (Å²) in [4.78, 5) is 21.7. The van der Waals surface area contributed by atoms with Crippen LogP contribution in [0.25, 0.3) is 0 Å². The molecule has 19 heavy (non-hydrogen) atoms. The van der Waals surface area contributed by atoms with E-state index in [0.29, 0.717) is 24.6 Å². The van der Waals surface area contributed by atoms with Crippen molar-refractivity contribution in [1.82, 2.24) is 0 Å². The third-order valence-corrected chi connectivity index (χ3v) is 6.77. The third kappa shape index (κ3) is 19.1. The van der Waals surface area contributed by atoms with Crippen LogP contribution in [0.15, 0.2) is 0 Å². The maximum absolute atomic E-state index is 10.9. The fraction of sp³-hybridized carbons (Fsp3) is 1.00. The first-order valence-electron chi connectivity index (χ1n) is 6.82. The van der Waals surface area contributed by atoms with Crippen molar-refractivity contribution in [1.29, 1.82) is 0 Å². The molecule has 0 aliphatic heterocycles. The molecule has 0 N–H and O–H groups in total. The van der Waals surface area contributed by atoms with Crippen molar-refractivity contribution in [3.05, 3.63) is 0 Å². The molecule has 4 nitrogen and oxygen atoms in total. The van der Waals surface area contributed by atoms with Gasteiger partial charge in [-0.3, -0.25) is 0 Å². The molecule has 0 saturated heterocycles. The number of rotatable bonds is 8. The maximum atomic E-state index is 10.9. The maximum Gasteiger partial charge on any atom is 2.00 e. The van der Waals surface area contributed by atoms with Gasteiger partial charge in [-0.15, -0.1) is 0 Å². The Bertz CT molecular complexity index is 237. The minimum Gasteiger partial charge on any atom is -0.799 e. The van der Waals surface area contributed by atoms with E-state index in [9.17, 15) is 18.9 Å². The standard InChI is InChI=1S/2C6H15O2P.Mg/c2*1-3-5-9(7,8)6-4-2;/h2*3-6H2,1-2H3,(H,7,8);/q;;+2/p-2. The zero-order valence-corrected chi connectivity index (χ0v) is 16.1. The van der Waals surface area contributed by atoms with Gasteiger partial charge in [-0.1, -0.05) is 53.4 Å². The topological polar surface area (TPSA) is 80.3 Å². The van der Waals surface area contributed by atoms with E-state index in [0.717, 1.165) is 25.7 Å². The van der Waals surface area contributed by atoms with E-state index in [-0.39, 0.29) is 23.1 Å². The molecular weight excluding hydrogens is 294 g/mol. The van der Waals surface area contributed by atoms with Crippen molar-refractivity contribution >= 4 is 37.8 Å². The number of hydrogen-bond donors (Lipinski definition) is 0. The van der Waals surface area contributed by atoms with Gasteiger partial charge >= 0.3 is 23.1 Å². The summed E-state index contributed by atoms with van der Waals surface area (Å²) < 4.78 is 21.7. The summed E-state index contributed by atoms with van der Waals surface area (Å²) in [7, 11) is -5.89. The van der Waals surface area contributed by atoms with Crippen molar-refractivity contribution in [2.24, 2.45) is 0 Å². The van der Waals surface area contributed by atoms with E-state index in [1.165, 1.54) is 0 Å². The molecule has 0 heterocycles. The van der Waals surface area contributed by atoms with Crippen LogP contribution in [0.3, 0.4) is 0 Å². The first kappa shape index (κ1) is 25.1. The Morgan fingerprint density at radius 3 is 0.895 bits per heavy atom. The minimum atomic E-state index is -2.94. The largest absolute Gasteiger partial charge is 2.00 e. The van der Waals surface area contributed by atoms with Gasteiger partial charge in [0.2, 0.25) is 0 Å². The molecule has 0 aromatic carbocycles. The van der Waals surface area contributed by atoms with Crippen LogP contribution in [-0.2, 0) is 9.13 Å². The van der Waals surface area contributed by atoms with Gasteiger partial charge in [0.25, 0.3) is 0 Å². The van der Waals surface area contributed by atoms with Gasteiger partial charge in [0.15, 0.2) is 0 Å². The molecule has 0 radical (unpaired) electrons. The second-order valence-corrected chi connectivity index (χ2v) is 9.57. The quantitative estimate of drug-likeness (QED) is 0.508. The Labute approximate surface area is 134 Å². The second-order valence-electron chi connectivity index (χ2n) is 4.52. The summed E-state index contributed by atoms with van der Waals surface area (Å²) in [5.41, 5.74) is 0. The molecule has 0 spiro atoms. The molecular formula is C12H28MgO4P2. The van der Waals surface area contributed by atoms with Gasteiger partial charge in [-0.2, -0.15) is 0 Å². The van der Waals surface area contributed by atoms with Crippen molar-refractivity contribution in [3.63, 3.8) is 0 Å². The SMILES string of the molecule is CCCP(=O)([O-])CCC.CCCP(=O)([O-])CCC.[Mg+2]. The van der Waals surface area contributed by atoms with Gasteiger partial charge < -0.3 is 18.9 Å². The molecule has 0 atom stereocenters. The average molecular weight is 323 g/mol. The fourth-order valence-corrected chi connectivity index (χ4v) is 4.76. The average Bonchev–Trinajstić information content (AvgIpc) is 2.17. The van der Waals surface area contributed by atoms with Crippen molar-refractivity contribution < 1.29 is 18.9 Å². The Morgan fingerprint density at radius 2 is 0.789 bits per heavy atom. The first-order chi connectivity index (χ1) is 8.24. The summed E-state index contributed by atoms with van der Waals surface area (Å²) >= 11 is 0. The molecule has 0 aromatic rings. The zero-order valence-electron chi connectivity index (χ0n) is 12.9. The molecule has 0 rings (SSSR count). The number of hydrogen-bond acceptors (Lipinski definition) is 4. The zero-order chi connectivity index (χ0) is 14.7. The predicted octanol–water partition coefficient (Wildman–Crippen LogP) is 2.51. The molecule has 0 bridgehead atoms. The second kappa shape index (κ2) is 14.1. The molecule has 0 amide bonds. The normalized spacial score (nSPS) is 11.3. The Balaban J connectivity index is -0.000000256. The van der Waals surface area contributed by atoms with E-state index in [4.69, 9.17) is 0 Å². The summed E-state index contributed by atoms with van der Waals surface area (Å²) in [6.45, 7) is 7.56.